The van der Waals surface area contributed by atoms with Crippen LogP contribution in [0.4, 0.5) is 10.1 Å². The van der Waals surface area contributed by atoms with Crippen molar-refractivity contribution in [3.8, 4) is 0 Å². The maximum absolute atomic E-state index is 13.1. The first kappa shape index (κ1) is 13.2. The molecule has 0 aliphatic heterocycles. The second-order valence-electron chi connectivity index (χ2n) is 4.37. The van der Waals surface area contributed by atoms with Gasteiger partial charge in [-0.05, 0) is 31.4 Å². The van der Waals surface area contributed by atoms with E-state index in [4.69, 9.17) is 0 Å². The zero-order valence-corrected chi connectivity index (χ0v) is 10.1. The normalized spacial score (nSPS) is 18.1. The fraction of sp³-hybridized carbons (Fsp3) is 0.308. The largest absolute Gasteiger partial charge is 0.349 e. The summed E-state index contributed by atoms with van der Waals surface area (Å²) in [5.41, 5.74) is -0.621. The van der Waals surface area contributed by atoms with Crippen molar-refractivity contribution in [1.82, 2.24) is 5.32 Å². The first-order valence-corrected chi connectivity index (χ1v) is 5.97. The average Bonchev–Trinajstić information content (AvgIpc) is 2.39. The van der Waals surface area contributed by atoms with Crippen LogP contribution < -0.4 is 5.32 Å². The highest BCUT2D eigenvalue weighted by atomic mass is 19.1. The molecular weight excluding hydrogens is 251 g/mol. The van der Waals surface area contributed by atoms with E-state index in [0.717, 1.165) is 31.0 Å². The summed E-state index contributed by atoms with van der Waals surface area (Å²) in [6, 6.07) is 2.82. The third kappa shape index (κ3) is 3.15. The zero-order valence-electron chi connectivity index (χ0n) is 10.1. The van der Waals surface area contributed by atoms with Crippen LogP contribution in [0.15, 0.2) is 30.4 Å². The first-order chi connectivity index (χ1) is 9.08. The van der Waals surface area contributed by atoms with Gasteiger partial charge >= 0.3 is 0 Å². The average molecular weight is 264 g/mol. The van der Waals surface area contributed by atoms with Crippen LogP contribution in [0, 0.1) is 15.9 Å². The van der Waals surface area contributed by atoms with Crippen LogP contribution in [-0.2, 0) is 0 Å². The second-order valence-corrected chi connectivity index (χ2v) is 4.37. The van der Waals surface area contributed by atoms with Gasteiger partial charge in [0, 0.05) is 12.1 Å². The molecule has 0 fully saturated rings. The second kappa shape index (κ2) is 5.60. The van der Waals surface area contributed by atoms with Crippen molar-refractivity contribution in [1.29, 1.82) is 0 Å². The molecule has 1 amide bonds. The number of carbonyl (C=O) groups is 1. The minimum Gasteiger partial charge on any atom is -0.349 e. The van der Waals surface area contributed by atoms with Crippen molar-refractivity contribution >= 4 is 11.6 Å². The highest BCUT2D eigenvalue weighted by Crippen LogP contribution is 2.20. The summed E-state index contributed by atoms with van der Waals surface area (Å²) in [4.78, 5) is 22.1. The number of nitro groups is 1. The minimum atomic E-state index is -0.685. The van der Waals surface area contributed by atoms with E-state index in [0.29, 0.717) is 6.42 Å². The van der Waals surface area contributed by atoms with Crippen molar-refractivity contribution < 1.29 is 14.1 Å². The third-order valence-electron chi connectivity index (χ3n) is 3.00. The number of benzene rings is 1. The van der Waals surface area contributed by atoms with E-state index in [-0.39, 0.29) is 17.3 Å². The number of halogens is 1. The maximum Gasteiger partial charge on any atom is 0.282 e. The number of hydrogen-bond acceptors (Lipinski definition) is 3. The lowest BCUT2D eigenvalue weighted by Crippen LogP contribution is -2.35. The van der Waals surface area contributed by atoms with Gasteiger partial charge in [0.1, 0.15) is 11.4 Å². The Morgan fingerprint density at radius 1 is 1.42 bits per heavy atom. The molecule has 1 aliphatic rings. The Morgan fingerprint density at radius 2 is 2.21 bits per heavy atom. The van der Waals surface area contributed by atoms with Crippen LogP contribution >= 0.6 is 0 Å². The van der Waals surface area contributed by atoms with Crippen LogP contribution in [0.25, 0.3) is 0 Å². The summed E-state index contributed by atoms with van der Waals surface area (Å²) in [6.07, 6.45) is 6.30. The Labute approximate surface area is 109 Å². The standard InChI is InChI=1S/C13H13FN2O3/c14-9-6-7-12(16(18)19)11(8-9)13(17)15-10-4-2-1-3-5-10/h1-2,6-8,10H,3-5H2,(H,15,17). The SMILES string of the molecule is O=C(NC1CC=CCC1)c1cc(F)ccc1[N+](=O)[O-]. The fourth-order valence-corrected chi connectivity index (χ4v) is 2.04. The van der Waals surface area contributed by atoms with Crippen LogP contribution in [-0.4, -0.2) is 16.9 Å². The van der Waals surface area contributed by atoms with E-state index in [2.05, 4.69) is 5.32 Å². The van der Waals surface area contributed by atoms with Gasteiger partial charge in [0.05, 0.1) is 4.92 Å². The van der Waals surface area contributed by atoms with E-state index < -0.39 is 16.6 Å². The van der Waals surface area contributed by atoms with Gasteiger partial charge in [-0.3, -0.25) is 14.9 Å². The molecule has 0 saturated heterocycles. The van der Waals surface area contributed by atoms with Gasteiger partial charge in [-0.15, -0.1) is 0 Å². The molecule has 0 bridgehead atoms. The fourth-order valence-electron chi connectivity index (χ4n) is 2.04. The van der Waals surface area contributed by atoms with Crippen molar-refractivity contribution in [3.05, 3.63) is 51.8 Å². The third-order valence-corrected chi connectivity index (χ3v) is 3.00. The number of rotatable bonds is 3. The van der Waals surface area contributed by atoms with Gasteiger partial charge < -0.3 is 5.32 Å². The zero-order chi connectivity index (χ0) is 13.8. The highest BCUT2D eigenvalue weighted by Gasteiger charge is 2.23. The molecule has 1 aromatic carbocycles. The molecule has 1 aromatic rings. The Balaban J connectivity index is 2.20. The summed E-state index contributed by atoms with van der Waals surface area (Å²) in [7, 11) is 0. The number of nitrogens with zero attached hydrogens (tertiary/aromatic N) is 1. The predicted molar refractivity (Wildman–Crippen MR) is 67.3 cm³/mol. The molecule has 6 heteroatoms. The lowest BCUT2D eigenvalue weighted by Gasteiger charge is -2.19. The minimum absolute atomic E-state index is 0.0552. The summed E-state index contributed by atoms with van der Waals surface area (Å²) in [5, 5.41) is 13.5. The molecule has 1 N–H and O–H groups in total. The predicted octanol–water partition coefficient (Wildman–Crippen LogP) is 2.57. The summed E-state index contributed by atoms with van der Waals surface area (Å²) in [5.74, 6) is -1.27. The molecule has 0 aromatic heterocycles. The number of nitrogens with one attached hydrogen (secondary N) is 1. The van der Waals surface area contributed by atoms with Crippen molar-refractivity contribution in [2.24, 2.45) is 0 Å². The van der Waals surface area contributed by atoms with Gasteiger partial charge in [-0.25, -0.2) is 4.39 Å². The van der Waals surface area contributed by atoms with Crippen molar-refractivity contribution in [2.45, 2.75) is 25.3 Å². The van der Waals surface area contributed by atoms with Gasteiger partial charge in [0.25, 0.3) is 11.6 Å². The number of nitro benzene ring substituents is 1. The van der Waals surface area contributed by atoms with Gasteiger partial charge in [-0.2, -0.15) is 0 Å². The molecule has 5 nitrogen and oxygen atoms in total. The van der Waals surface area contributed by atoms with Crippen LogP contribution in [0.3, 0.4) is 0 Å². The van der Waals surface area contributed by atoms with E-state index in [9.17, 15) is 19.3 Å². The Morgan fingerprint density at radius 3 is 2.84 bits per heavy atom. The summed E-state index contributed by atoms with van der Waals surface area (Å²) < 4.78 is 13.1. The molecule has 0 spiro atoms. The van der Waals surface area contributed by atoms with Crippen LogP contribution in [0.2, 0.25) is 0 Å². The molecule has 2 rings (SSSR count). The molecule has 0 saturated carbocycles. The quantitative estimate of drug-likeness (QED) is 0.518. The number of carbonyl (C=O) groups excluding carboxylic acids is 1. The van der Waals surface area contributed by atoms with Crippen molar-refractivity contribution in [2.75, 3.05) is 0 Å². The molecule has 0 heterocycles. The Bertz CT molecular complexity index is 543. The van der Waals surface area contributed by atoms with E-state index in [1.54, 1.807) is 0 Å². The van der Waals surface area contributed by atoms with Crippen LogP contribution in [0.5, 0.6) is 0 Å². The highest BCUT2D eigenvalue weighted by molar-refractivity contribution is 5.98. The van der Waals surface area contributed by atoms with Crippen LogP contribution in [0.1, 0.15) is 29.6 Å². The molecule has 1 atom stereocenters. The molecule has 0 radical (unpaired) electrons. The smallest absolute Gasteiger partial charge is 0.282 e. The molecule has 100 valence electrons. The molecule has 1 unspecified atom stereocenters. The molecular formula is C13H13FN2O3. The monoisotopic (exact) mass is 264 g/mol. The van der Waals surface area contributed by atoms with E-state index in [1.807, 2.05) is 12.2 Å². The number of allylic oxidation sites excluding steroid dienone is 1. The van der Waals surface area contributed by atoms with Crippen molar-refractivity contribution in [3.63, 3.8) is 0 Å². The Kier molecular flexibility index (Phi) is 3.89. The Hall–Kier alpha value is -2.24. The number of hydrogen-bond donors (Lipinski definition) is 1. The van der Waals surface area contributed by atoms with Gasteiger partial charge in [0.15, 0.2) is 0 Å². The topological polar surface area (TPSA) is 72.2 Å². The summed E-state index contributed by atoms with van der Waals surface area (Å²) in [6.45, 7) is 0. The molecule has 1 aliphatic carbocycles. The summed E-state index contributed by atoms with van der Waals surface area (Å²) >= 11 is 0. The lowest BCUT2D eigenvalue weighted by molar-refractivity contribution is -0.385. The van der Waals surface area contributed by atoms with Gasteiger partial charge in [-0.1, -0.05) is 12.2 Å². The first-order valence-electron chi connectivity index (χ1n) is 5.97. The van der Waals surface area contributed by atoms with E-state index in [1.165, 1.54) is 0 Å². The molecule has 19 heavy (non-hydrogen) atoms. The van der Waals surface area contributed by atoms with E-state index >= 15 is 0 Å². The van der Waals surface area contributed by atoms with Gasteiger partial charge in [0.2, 0.25) is 0 Å². The lowest BCUT2D eigenvalue weighted by atomic mass is 10.0. The number of amides is 1. The maximum atomic E-state index is 13.1.